The van der Waals surface area contributed by atoms with Crippen molar-refractivity contribution in [2.75, 3.05) is 6.61 Å². The zero-order valence-corrected chi connectivity index (χ0v) is 22.4. The van der Waals surface area contributed by atoms with Gasteiger partial charge < -0.3 is 4.74 Å². The summed E-state index contributed by atoms with van der Waals surface area (Å²) in [6.07, 6.45) is 7.84. The lowest BCUT2D eigenvalue weighted by Gasteiger charge is -2.17. The number of para-hydroxylation sites is 2. The fourth-order valence-electron chi connectivity index (χ4n) is 4.78. The Bertz CT molecular complexity index is 1140. The molecule has 0 aliphatic carbocycles. The molecular weight excluding hydrogens is 416 g/mol. The molecule has 0 N–H and O–H groups in total. The summed E-state index contributed by atoms with van der Waals surface area (Å²) in [5.74, 6) is 5.01. The van der Waals surface area contributed by atoms with Gasteiger partial charge in [0.05, 0.1) is 0 Å². The predicted octanol–water partition coefficient (Wildman–Crippen LogP) is 7.57. The molecule has 2 aromatic carbocycles. The van der Waals surface area contributed by atoms with Gasteiger partial charge in [-0.15, -0.1) is 6.42 Å². The molecular formula is C31H41N2O+. The zero-order valence-electron chi connectivity index (χ0n) is 22.4. The first kappa shape index (κ1) is 25.6. The molecule has 34 heavy (non-hydrogen) atoms. The van der Waals surface area contributed by atoms with E-state index in [2.05, 4.69) is 120 Å². The summed E-state index contributed by atoms with van der Waals surface area (Å²) < 4.78 is 10.8. The smallest absolute Gasteiger partial charge is 0.334 e. The van der Waals surface area contributed by atoms with E-state index in [1.807, 2.05) is 0 Å². The average Bonchev–Trinajstić information content (AvgIpc) is 3.11. The van der Waals surface area contributed by atoms with Gasteiger partial charge in [-0.3, -0.25) is 0 Å². The largest absolute Gasteiger partial charge is 0.446 e. The van der Waals surface area contributed by atoms with E-state index in [-0.39, 0.29) is 6.61 Å². The summed E-state index contributed by atoms with van der Waals surface area (Å²) in [6, 6.07) is 13.3. The Kier molecular flexibility index (Phi) is 7.93. The SMILES string of the molecule is C#CCOc1c(C)n(-c2c(C(C)C)cccc2C(C)C)c[n+]1-c1c(C(C)C)cccc1C(C)C. The second-order valence-electron chi connectivity index (χ2n) is 10.4. The molecule has 3 nitrogen and oxygen atoms in total. The molecule has 180 valence electrons. The number of terminal acetylenes is 1. The van der Waals surface area contributed by atoms with E-state index in [4.69, 9.17) is 11.2 Å². The predicted molar refractivity (Wildman–Crippen MR) is 143 cm³/mol. The maximum absolute atomic E-state index is 6.25. The average molecular weight is 458 g/mol. The third kappa shape index (κ3) is 4.78. The van der Waals surface area contributed by atoms with E-state index in [0.29, 0.717) is 23.7 Å². The Balaban J connectivity index is 2.44. The van der Waals surface area contributed by atoms with Crippen molar-refractivity contribution in [3.63, 3.8) is 0 Å². The Morgan fingerprint density at radius 2 is 1.24 bits per heavy atom. The summed E-state index contributed by atoms with van der Waals surface area (Å²) in [7, 11) is 0. The van der Waals surface area contributed by atoms with Crippen LogP contribution in [0.3, 0.4) is 0 Å². The van der Waals surface area contributed by atoms with Crippen LogP contribution >= 0.6 is 0 Å². The van der Waals surface area contributed by atoms with Crippen molar-refractivity contribution in [3.8, 4) is 29.6 Å². The maximum atomic E-state index is 6.25. The highest BCUT2D eigenvalue weighted by atomic mass is 16.5. The van der Waals surface area contributed by atoms with Gasteiger partial charge in [0.15, 0.2) is 12.3 Å². The van der Waals surface area contributed by atoms with Gasteiger partial charge in [-0.25, -0.2) is 0 Å². The molecule has 3 heteroatoms. The minimum atomic E-state index is 0.231. The van der Waals surface area contributed by atoms with E-state index in [1.165, 1.54) is 33.6 Å². The molecule has 1 heterocycles. The Hall–Kier alpha value is -2.99. The number of rotatable bonds is 8. The normalized spacial score (nSPS) is 11.6. The minimum Gasteiger partial charge on any atom is -0.446 e. The summed E-state index contributed by atoms with van der Waals surface area (Å²) >= 11 is 0. The highest BCUT2D eigenvalue weighted by Crippen LogP contribution is 2.35. The summed E-state index contributed by atoms with van der Waals surface area (Å²) in [6.45, 7) is 20.4. The molecule has 0 amide bonds. The first-order valence-electron chi connectivity index (χ1n) is 12.6. The number of nitrogens with zero attached hydrogens (tertiary/aromatic N) is 2. The zero-order chi connectivity index (χ0) is 25.2. The van der Waals surface area contributed by atoms with Gasteiger partial charge in [0.25, 0.3) is 6.33 Å². The Morgan fingerprint density at radius 1 is 0.794 bits per heavy atom. The van der Waals surface area contributed by atoms with Crippen molar-refractivity contribution in [1.82, 2.24) is 4.57 Å². The fourth-order valence-corrected chi connectivity index (χ4v) is 4.78. The molecule has 0 saturated carbocycles. The topological polar surface area (TPSA) is 18.0 Å². The first-order chi connectivity index (χ1) is 16.1. The van der Waals surface area contributed by atoms with Crippen LogP contribution < -0.4 is 9.30 Å². The Labute approximate surface area is 206 Å². The van der Waals surface area contributed by atoms with Crippen molar-refractivity contribution < 1.29 is 9.30 Å². The van der Waals surface area contributed by atoms with Crippen LogP contribution in [0, 0.1) is 19.3 Å². The van der Waals surface area contributed by atoms with E-state index in [0.717, 1.165) is 11.6 Å². The number of aromatic nitrogens is 2. The van der Waals surface area contributed by atoms with E-state index >= 15 is 0 Å². The van der Waals surface area contributed by atoms with Gasteiger partial charge in [-0.05, 0) is 23.7 Å². The van der Waals surface area contributed by atoms with Crippen LogP contribution in [0.5, 0.6) is 5.88 Å². The van der Waals surface area contributed by atoms with Crippen LogP contribution in [0.15, 0.2) is 42.7 Å². The second-order valence-corrected chi connectivity index (χ2v) is 10.4. The minimum absolute atomic E-state index is 0.231. The molecule has 0 fully saturated rings. The lowest BCUT2D eigenvalue weighted by atomic mass is 9.92. The first-order valence-corrected chi connectivity index (χ1v) is 12.6. The van der Waals surface area contributed by atoms with E-state index in [9.17, 15) is 0 Å². The number of ether oxygens (including phenoxy) is 1. The molecule has 0 unspecified atom stereocenters. The van der Waals surface area contributed by atoms with Gasteiger partial charge in [0, 0.05) is 29.2 Å². The number of hydrogen-bond acceptors (Lipinski definition) is 1. The lowest BCUT2D eigenvalue weighted by molar-refractivity contribution is -0.603. The summed E-state index contributed by atoms with van der Waals surface area (Å²) in [4.78, 5) is 0. The summed E-state index contributed by atoms with van der Waals surface area (Å²) in [5, 5.41) is 0. The third-order valence-corrected chi connectivity index (χ3v) is 6.58. The van der Waals surface area contributed by atoms with Crippen LogP contribution in [-0.4, -0.2) is 11.2 Å². The monoisotopic (exact) mass is 457 g/mol. The van der Waals surface area contributed by atoms with Crippen LogP contribution in [-0.2, 0) is 0 Å². The standard InChI is InChI=1S/C31H41N2O/c1-11-18-34-31-24(10)32(29-25(20(2)3)14-12-15-26(29)21(4)5)19-33(31)30-27(22(6)7)16-13-17-28(30)23(8)9/h1,12-17,19-23H,18H2,2-10H3/q+1. The van der Waals surface area contributed by atoms with Crippen molar-refractivity contribution in [2.24, 2.45) is 0 Å². The van der Waals surface area contributed by atoms with Crippen LogP contribution in [0.2, 0.25) is 0 Å². The molecule has 0 bridgehead atoms. The Morgan fingerprint density at radius 3 is 1.65 bits per heavy atom. The highest BCUT2D eigenvalue weighted by Gasteiger charge is 2.31. The van der Waals surface area contributed by atoms with Crippen LogP contribution in [0.4, 0.5) is 0 Å². The molecule has 0 atom stereocenters. The molecule has 0 saturated heterocycles. The molecule has 0 aliphatic rings. The fraction of sp³-hybridized carbons (Fsp3) is 0.452. The second kappa shape index (κ2) is 10.5. The van der Waals surface area contributed by atoms with E-state index in [1.54, 1.807) is 0 Å². The van der Waals surface area contributed by atoms with Gasteiger partial charge in [-0.2, -0.15) is 9.13 Å². The molecule has 0 spiro atoms. The quantitative estimate of drug-likeness (QED) is 0.252. The van der Waals surface area contributed by atoms with Crippen molar-refractivity contribution in [1.29, 1.82) is 0 Å². The molecule has 3 aromatic rings. The van der Waals surface area contributed by atoms with Crippen molar-refractivity contribution in [3.05, 3.63) is 70.7 Å². The number of benzene rings is 2. The van der Waals surface area contributed by atoms with Crippen molar-refractivity contribution in [2.45, 2.75) is 86.0 Å². The maximum Gasteiger partial charge on any atom is 0.334 e. The molecule has 0 aliphatic heterocycles. The van der Waals surface area contributed by atoms with Crippen molar-refractivity contribution >= 4 is 0 Å². The van der Waals surface area contributed by atoms with E-state index < -0.39 is 0 Å². The van der Waals surface area contributed by atoms with Gasteiger partial charge in [0.1, 0.15) is 11.4 Å². The number of hydrogen-bond donors (Lipinski definition) is 0. The lowest BCUT2D eigenvalue weighted by Crippen LogP contribution is -2.34. The number of imidazole rings is 1. The molecule has 3 rings (SSSR count). The third-order valence-electron chi connectivity index (χ3n) is 6.58. The van der Waals surface area contributed by atoms with Gasteiger partial charge >= 0.3 is 5.88 Å². The van der Waals surface area contributed by atoms with Crippen LogP contribution in [0.1, 0.15) is 107 Å². The summed E-state index contributed by atoms with van der Waals surface area (Å²) in [5.41, 5.74) is 8.79. The van der Waals surface area contributed by atoms with Gasteiger partial charge in [0.2, 0.25) is 0 Å². The van der Waals surface area contributed by atoms with Crippen LogP contribution in [0.25, 0.3) is 11.4 Å². The molecule has 1 aromatic heterocycles. The molecule has 0 radical (unpaired) electrons. The van der Waals surface area contributed by atoms with Gasteiger partial charge in [-0.1, -0.05) is 97.7 Å². The highest BCUT2D eigenvalue weighted by molar-refractivity contribution is 5.53.